The van der Waals surface area contributed by atoms with Crippen LogP contribution in [0.5, 0.6) is 11.5 Å². The van der Waals surface area contributed by atoms with E-state index in [0.29, 0.717) is 27.8 Å². The summed E-state index contributed by atoms with van der Waals surface area (Å²) in [6, 6.07) is 16.2. The van der Waals surface area contributed by atoms with E-state index in [4.69, 9.17) is 9.47 Å². The molecule has 0 unspecified atom stereocenters. The first-order valence-electron chi connectivity index (χ1n) is 8.68. The van der Waals surface area contributed by atoms with Crippen molar-refractivity contribution in [1.29, 1.82) is 0 Å². The summed E-state index contributed by atoms with van der Waals surface area (Å²) in [5, 5.41) is 7.57. The van der Waals surface area contributed by atoms with E-state index < -0.39 is 0 Å². The second-order valence-corrected chi connectivity index (χ2v) is 7.89. The number of ether oxygens (including phenoxy) is 2. The lowest BCUT2D eigenvalue weighted by Gasteiger charge is -2.10. The zero-order valence-corrected chi connectivity index (χ0v) is 17.6. The van der Waals surface area contributed by atoms with Crippen molar-refractivity contribution in [2.75, 3.05) is 30.6 Å². The first-order valence-corrected chi connectivity index (χ1v) is 10.5. The number of amides is 2. The zero-order valence-electron chi connectivity index (χ0n) is 15.9. The van der Waals surface area contributed by atoms with Gasteiger partial charge in [0.25, 0.3) is 5.91 Å². The fourth-order valence-electron chi connectivity index (χ4n) is 2.49. The van der Waals surface area contributed by atoms with E-state index in [-0.39, 0.29) is 17.6 Å². The molecule has 3 rings (SSSR count). The molecule has 0 atom stereocenters. The summed E-state index contributed by atoms with van der Waals surface area (Å²) in [6.07, 6.45) is 0. The van der Waals surface area contributed by atoms with Crippen LogP contribution in [-0.4, -0.2) is 31.8 Å². The second-order valence-electron chi connectivity index (χ2n) is 5.90. The molecule has 0 bridgehead atoms. The summed E-state index contributed by atoms with van der Waals surface area (Å²) in [5.74, 6) is 1.12. The van der Waals surface area contributed by atoms with Gasteiger partial charge in [0.05, 0.1) is 24.8 Å². The van der Waals surface area contributed by atoms with Crippen molar-refractivity contribution in [3.63, 3.8) is 0 Å². The molecule has 0 spiro atoms. The highest BCUT2D eigenvalue weighted by atomic mass is 32.2. The van der Waals surface area contributed by atoms with E-state index >= 15 is 0 Å². The van der Waals surface area contributed by atoms with Gasteiger partial charge >= 0.3 is 0 Å². The van der Waals surface area contributed by atoms with Gasteiger partial charge in [-0.3, -0.25) is 9.59 Å². The van der Waals surface area contributed by atoms with E-state index in [1.165, 1.54) is 23.1 Å². The van der Waals surface area contributed by atoms with E-state index in [1.54, 1.807) is 38.5 Å². The normalized spacial score (nSPS) is 10.3. The molecule has 8 heteroatoms. The number of thioether (sulfide) groups is 1. The number of rotatable bonds is 8. The fraction of sp³-hybridized carbons (Fsp3) is 0.143. The highest BCUT2D eigenvalue weighted by Gasteiger charge is 2.09. The van der Waals surface area contributed by atoms with Crippen LogP contribution < -0.4 is 20.1 Å². The lowest BCUT2D eigenvalue weighted by Crippen LogP contribution is -2.14. The van der Waals surface area contributed by atoms with Gasteiger partial charge in [-0.05, 0) is 29.6 Å². The number of carbonyl (C=O) groups excluding carboxylic acids is 2. The zero-order chi connectivity index (χ0) is 20.6. The monoisotopic (exact) mass is 428 g/mol. The number of hydrogen-bond acceptors (Lipinski definition) is 6. The molecule has 0 saturated heterocycles. The summed E-state index contributed by atoms with van der Waals surface area (Å²) >= 11 is 2.77. The van der Waals surface area contributed by atoms with Crippen molar-refractivity contribution >= 4 is 46.3 Å². The van der Waals surface area contributed by atoms with Crippen LogP contribution in [0, 0.1) is 0 Å². The molecule has 0 aliphatic rings. The Bertz CT molecular complexity index is 968. The molecule has 2 aromatic carbocycles. The summed E-state index contributed by atoms with van der Waals surface area (Å²) in [6.45, 7) is 0. The molecule has 2 amide bonds. The minimum Gasteiger partial charge on any atom is -0.497 e. The second kappa shape index (κ2) is 9.99. The molecule has 29 heavy (non-hydrogen) atoms. The Hall–Kier alpha value is -2.97. The molecule has 0 aliphatic carbocycles. The molecular formula is C21H20N2O4S2. The molecule has 1 aromatic heterocycles. The molecule has 3 aromatic rings. The molecule has 6 nitrogen and oxygen atoms in total. The van der Waals surface area contributed by atoms with E-state index in [2.05, 4.69) is 10.6 Å². The van der Waals surface area contributed by atoms with Crippen molar-refractivity contribution in [3.8, 4) is 11.5 Å². The molecule has 0 fully saturated rings. The van der Waals surface area contributed by atoms with Crippen molar-refractivity contribution in [2.45, 2.75) is 4.90 Å². The largest absolute Gasteiger partial charge is 0.497 e. The van der Waals surface area contributed by atoms with Crippen molar-refractivity contribution < 1.29 is 19.1 Å². The van der Waals surface area contributed by atoms with Crippen LogP contribution in [-0.2, 0) is 4.79 Å². The Morgan fingerprint density at radius 3 is 2.34 bits per heavy atom. The fourth-order valence-corrected chi connectivity index (χ4v) is 3.86. The Labute approximate surface area is 177 Å². The topological polar surface area (TPSA) is 76.7 Å². The average molecular weight is 429 g/mol. The van der Waals surface area contributed by atoms with Crippen LogP contribution in [0.4, 0.5) is 11.4 Å². The maximum atomic E-state index is 12.3. The third kappa shape index (κ3) is 6.00. The predicted molar refractivity (Wildman–Crippen MR) is 118 cm³/mol. The maximum Gasteiger partial charge on any atom is 0.265 e. The Morgan fingerprint density at radius 1 is 0.931 bits per heavy atom. The van der Waals surface area contributed by atoms with Gasteiger partial charge in [-0.1, -0.05) is 12.1 Å². The van der Waals surface area contributed by atoms with Crippen LogP contribution in [0.25, 0.3) is 0 Å². The van der Waals surface area contributed by atoms with Crippen LogP contribution in [0.15, 0.2) is 64.9 Å². The first kappa shape index (κ1) is 20.8. The summed E-state index contributed by atoms with van der Waals surface area (Å²) in [5.41, 5.74) is 1.29. The van der Waals surface area contributed by atoms with Crippen LogP contribution in [0.3, 0.4) is 0 Å². The Morgan fingerprint density at radius 2 is 1.69 bits per heavy atom. The quantitative estimate of drug-likeness (QED) is 0.507. The van der Waals surface area contributed by atoms with E-state index in [0.717, 1.165) is 4.90 Å². The number of nitrogens with one attached hydrogen (secondary N) is 2. The SMILES string of the molecule is COc1cc(NC(=O)CSc2cccc(NC(=O)c3cccs3)c2)cc(OC)c1. The van der Waals surface area contributed by atoms with Gasteiger partial charge < -0.3 is 20.1 Å². The molecular weight excluding hydrogens is 408 g/mol. The van der Waals surface area contributed by atoms with E-state index in [1.807, 2.05) is 35.7 Å². The van der Waals surface area contributed by atoms with Gasteiger partial charge in [0.15, 0.2) is 0 Å². The first-order chi connectivity index (χ1) is 14.1. The van der Waals surface area contributed by atoms with Crippen LogP contribution in [0.2, 0.25) is 0 Å². The molecule has 1 heterocycles. The maximum absolute atomic E-state index is 12.3. The molecule has 2 N–H and O–H groups in total. The summed E-state index contributed by atoms with van der Waals surface area (Å²) in [7, 11) is 3.11. The molecule has 0 saturated carbocycles. The van der Waals surface area contributed by atoms with Gasteiger partial charge in [-0.2, -0.15) is 0 Å². The van der Waals surface area contributed by atoms with Gasteiger partial charge in [-0.25, -0.2) is 0 Å². The van der Waals surface area contributed by atoms with Crippen LogP contribution in [0.1, 0.15) is 9.67 Å². The number of thiophene rings is 1. The highest BCUT2D eigenvalue weighted by Crippen LogP contribution is 2.27. The van der Waals surface area contributed by atoms with Crippen molar-refractivity contribution in [1.82, 2.24) is 0 Å². The Kier molecular flexibility index (Phi) is 7.15. The molecule has 0 radical (unpaired) electrons. The van der Waals surface area contributed by atoms with Gasteiger partial charge in [0.2, 0.25) is 5.91 Å². The van der Waals surface area contributed by atoms with Gasteiger partial charge in [0.1, 0.15) is 11.5 Å². The summed E-state index contributed by atoms with van der Waals surface area (Å²) < 4.78 is 10.4. The third-order valence-corrected chi connectivity index (χ3v) is 5.70. The lowest BCUT2D eigenvalue weighted by molar-refractivity contribution is -0.113. The number of anilines is 2. The average Bonchev–Trinajstić information content (AvgIpc) is 3.27. The molecule has 150 valence electrons. The minimum absolute atomic E-state index is 0.146. The third-order valence-electron chi connectivity index (χ3n) is 3.84. The highest BCUT2D eigenvalue weighted by molar-refractivity contribution is 8.00. The number of carbonyl (C=O) groups is 2. The van der Waals surface area contributed by atoms with Gasteiger partial charge in [-0.15, -0.1) is 23.1 Å². The number of hydrogen-bond donors (Lipinski definition) is 2. The lowest BCUT2D eigenvalue weighted by atomic mass is 10.2. The van der Waals surface area contributed by atoms with Crippen molar-refractivity contribution in [2.24, 2.45) is 0 Å². The smallest absolute Gasteiger partial charge is 0.265 e. The Balaban J connectivity index is 1.57. The van der Waals surface area contributed by atoms with Gasteiger partial charge in [0, 0.05) is 34.5 Å². The summed E-state index contributed by atoms with van der Waals surface area (Å²) in [4.78, 5) is 26.0. The number of benzene rings is 2. The standard InChI is InChI=1S/C21H20N2O4S2/c1-26-16-9-15(10-17(12-16)27-2)22-20(24)13-29-18-6-3-5-14(11-18)23-21(25)19-7-4-8-28-19/h3-12H,13H2,1-2H3,(H,22,24)(H,23,25). The van der Waals surface area contributed by atoms with Crippen molar-refractivity contribution in [3.05, 3.63) is 64.9 Å². The number of methoxy groups -OCH3 is 2. The van der Waals surface area contributed by atoms with Crippen LogP contribution >= 0.6 is 23.1 Å². The van der Waals surface area contributed by atoms with E-state index in [9.17, 15) is 9.59 Å². The predicted octanol–water partition coefficient (Wildman–Crippen LogP) is 4.75. The minimum atomic E-state index is -0.154. The molecule has 0 aliphatic heterocycles.